The van der Waals surface area contributed by atoms with Gasteiger partial charge < -0.3 is 15.0 Å². The van der Waals surface area contributed by atoms with Gasteiger partial charge in [0.2, 0.25) is 5.43 Å². The molecule has 0 radical (unpaired) electrons. The molecule has 1 atom stereocenters. The number of nitrogens with zero attached hydrogens (tertiary/aromatic N) is 2. The molecule has 0 fully saturated rings. The average Bonchev–Trinajstić information content (AvgIpc) is 2.59. The molecule has 2 aromatic heterocycles. The second-order valence-electron chi connectivity index (χ2n) is 5.98. The van der Waals surface area contributed by atoms with Crippen LogP contribution in [0.1, 0.15) is 65.6 Å². The van der Waals surface area contributed by atoms with Crippen molar-refractivity contribution in [3.05, 3.63) is 63.8 Å². The number of carboxylic acids is 1. The Bertz CT molecular complexity index is 828. The Kier molecular flexibility index (Phi) is 5.69. The van der Waals surface area contributed by atoms with Crippen LogP contribution >= 0.6 is 0 Å². The van der Waals surface area contributed by atoms with E-state index in [2.05, 4.69) is 10.3 Å². The van der Waals surface area contributed by atoms with Crippen molar-refractivity contribution in [3.8, 4) is 0 Å². The van der Waals surface area contributed by atoms with Crippen LogP contribution in [-0.4, -0.2) is 26.5 Å². The predicted molar refractivity (Wildman–Crippen MR) is 92.8 cm³/mol. The van der Waals surface area contributed by atoms with Crippen molar-refractivity contribution in [2.45, 2.75) is 39.3 Å². The highest BCUT2D eigenvalue weighted by atomic mass is 16.4. The Balaban J connectivity index is 2.41. The SMILES string of the molecule is CCC(NC(=O)c1cn(C(C)C)cc(C(=O)O)c1=O)c1cccnc1. The minimum Gasteiger partial charge on any atom is -0.477 e. The van der Waals surface area contributed by atoms with Gasteiger partial charge in [-0.3, -0.25) is 14.6 Å². The third kappa shape index (κ3) is 4.12. The number of aromatic carboxylic acids is 1. The van der Waals surface area contributed by atoms with Gasteiger partial charge in [0.25, 0.3) is 5.91 Å². The van der Waals surface area contributed by atoms with E-state index in [-0.39, 0.29) is 17.6 Å². The lowest BCUT2D eigenvalue weighted by atomic mass is 10.1. The summed E-state index contributed by atoms with van der Waals surface area (Å²) in [6.45, 7) is 5.57. The number of rotatable bonds is 6. The van der Waals surface area contributed by atoms with E-state index in [4.69, 9.17) is 0 Å². The minimum atomic E-state index is -1.35. The van der Waals surface area contributed by atoms with E-state index in [1.807, 2.05) is 26.8 Å². The zero-order valence-corrected chi connectivity index (χ0v) is 14.4. The van der Waals surface area contributed by atoms with Gasteiger partial charge in [0, 0.05) is 30.8 Å². The lowest BCUT2D eigenvalue weighted by Crippen LogP contribution is -2.34. The molecule has 0 aromatic carbocycles. The summed E-state index contributed by atoms with van der Waals surface area (Å²) in [4.78, 5) is 40.3. The van der Waals surface area contributed by atoms with Gasteiger partial charge in [-0.15, -0.1) is 0 Å². The van der Waals surface area contributed by atoms with Crippen molar-refractivity contribution in [2.24, 2.45) is 0 Å². The van der Waals surface area contributed by atoms with E-state index >= 15 is 0 Å². The molecule has 2 aromatic rings. The van der Waals surface area contributed by atoms with Gasteiger partial charge in [0.15, 0.2) is 0 Å². The van der Waals surface area contributed by atoms with Crippen LogP contribution in [0.2, 0.25) is 0 Å². The lowest BCUT2D eigenvalue weighted by molar-refractivity contribution is 0.0694. The first-order valence-electron chi connectivity index (χ1n) is 8.05. The summed E-state index contributed by atoms with van der Waals surface area (Å²) in [6, 6.07) is 3.19. The van der Waals surface area contributed by atoms with Gasteiger partial charge in [-0.2, -0.15) is 0 Å². The van der Waals surface area contributed by atoms with Gasteiger partial charge in [-0.25, -0.2) is 4.79 Å². The second-order valence-corrected chi connectivity index (χ2v) is 5.98. The molecule has 2 N–H and O–H groups in total. The van der Waals surface area contributed by atoms with Crippen molar-refractivity contribution in [1.82, 2.24) is 14.9 Å². The molecule has 2 heterocycles. The van der Waals surface area contributed by atoms with E-state index in [9.17, 15) is 19.5 Å². The highest BCUT2D eigenvalue weighted by Crippen LogP contribution is 2.16. The average molecular weight is 343 g/mol. The summed E-state index contributed by atoms with van der Waals surface area (Å²) in [5.41, 5.74) is -0.577. The summed E-state index contributed by atoms with van der Waals surface area (Å²) >= 11 is 0. The van der Waals surface area contributed by atoms with Gasteiger partial charge in [-0.1, -0.05) is 13.0 Å². The second kappa shape index (κ2) is 7.74. The minimum absolute atomic E-state index is 0.0921. The number of pyridine rings is 2. The molecule has 0 spiro atoms. The van der Waals surface area contributed by atoms with Crippen LogP contribution in [0.5, 0.6) is 0 Å². The number of amides is 1. The van der Waals surface area contributed by atoms with Gasteiger partial charge in [0.1, 0.15) is 11.1 Å². The summed E-state index contributed by atoms with van der Waals surface area (Å²) < 4.78 is 1.55. The fourth-order valence-electron chi connectivity index (χ4n) is 2.45. The van der Waals surface area contributed by atoms with Gasteiger partial charge in [0.05, 0.1) is 6.04 Å². The third-order valence-electron chi connectivity index (χ3n) is 3.92. The number of carboxylic acid groups (broad SMARTS) is 1. The molecule has 7 nitrogen and oxygen atoms in total. The largest absolute Gasteiger partial charge is 0.477 e. The number of hydrogen-bond donors (Lipinski definition) is 2. The third-order valence-corrected chi connectivity index (χ3v) is 3.92. The van der Waals surface area contributed by atoms with Crippen molar-refractivity contribution in [2.75, 3.05) is 0 Å². The van der Waals surface area contributed by atoms with E-state index in [1.54, 1.807) is 23.0 Å². The zero-order chi connectivity index (χ0) is 18.6. The van der Waals surface area contributed by atoms with Crippen LogP contribution < -0.4 is 10.7 Å². The first kappa shape index (κ1) is 18.4. The van der Waals surface area contributed by atoms with E-state index < -0.39 is 22.9 Å². The molecule has 7 heteroatoms. The van der Waals surface area contributed by atoms with Gasteiger partial charge in [-0.05, 0) is 31.9 Å². The van der Waals surface area contributed by atoms with E-state index in [1.165, 1.54) is 12.4 Å². The summed E-state index contributed by atoms with van der Waals surface area (Å²) in [5.74, 6) is -1.95. The fourth-order valence-corrected chi connectivity index (χ4v) is 2.45. The molecule has 0 aliphatic carbocycles. The zero-order valence-electron chi connectivity index (χ0n) is 14.4. The number of aromatic nitrogens is 2. The molecule has 0 saturated heterocycles. The molecule has 0 saturated carbocycles. The monoisotopic (exact) mass is 343 g/mol. The van der Waals surface area contributed by atoms with Crippen LogP contribution in [0, 0.1) is 0 Å². The topological polar surface area (TPSA) is 101 Å². The fraction of sp³-hybridized carbons (Fsp3) is 0.333. The number of hydrogen-bond acceptors (Lipinski definition) is 4. The summed E-state index contributed by atoms with van der Waals surface area (Å²) in [7, 11) is 0. The summed E-state index contributed by atoms with van der Waals surface area (Å²) in [5, 5.41) is 12.0. The maximum Gasteiger partial charge on any atom is 0.341 e. The Morgan fingerprint density at radius 2 is 1.96 bits per heavy atom. The molecule has 1 unspecified atom stereocenters. The number of carbonyl (C=O) groups is 2. The van der Waals surface area contributed by atoms with Crippen LogP contribution in [-0.2, 0) is 0 Å². The highest BCUT2D eigenvalue weighted by molar-refractivity contribution is 5.97. The van der Waals surface area contributed by atoms with Crippen LogP contribution in [0.25, 0.3) is 0 Å². The Morgan fingerprint density at radius 1 is 1.28 bits per heavy atom. The van der Waals surface area contributed by atoms with Crippen molar-refractivity contribution >= 4 is 11.9 Å². The predicted octanol–water partition coefficient (Wildman–Crippen LogP) is 2.40. The van der Waals surface area contributed by atoms with Crippen molar-refractivity contribution < 1.29 is 14.7 Å². The first-order chi connectivity index (χ1) is 11.8. The van der Waals surface area contributed by atoms with Crippen LogP contribution in [0.15, 0.2) is 41.7 Å². The number of carbonyl (C=O) groups excluding carboxylic acids is 1. The molecule has 0 bridgehead atoms. The van der Waals surface area contributed by atoms with E-state index in [0.29, 0.717) is 6.42 Å². The molecule has 0 aliphatic rings. The first-order valence-corrected chi connectivity index (χ1v) is 8.05. The standard InChI is InChI=1S/C18H21N3O4/c1-4-15(12-6-5-7-19-8-12)20-17(23)13-9-21(11(2)3)10-14(16(13)22)18(24)25/h5-11,15H,4H2,1-3H3,(H,20,23)(H,24,25). The normalized spacial score (nSPS) is 12.0. The van der Waals surface area contributed by atoms with Crippen molar-refractivity contribution in [3.63, 3.8) is 0 Å². The Labute approximate surface area is 145 Å². The Hall–Kier alpha value is -2.96. The quantitative estimate of drug-likeness (QED) is 0.839. The number of nitrogens with one attached hydrogen (secondary N) is 1. The maximum absolute atomic E-state index is 12.6. The molecule has 1 amide bonds. The Morgan fingerprint density at radius 3 is 2.48 bits per heavy atom. The molecular weight excluding hydrogens is 322 g/mol. The molecule has 132 valence electrons. The van der Waals surface area contributed by atoms with Gasteiger partial charge >= 0.3 is 5.97 Å². The lowest BCUT2D eigenvalue weighted by Gasteiger charge is -2.18. The molecule has 25 heavy (non-hydrogen) atoms. The summed E-state index contributed by atoms with van der Waals surface area (Å²) in [6.07, 6.45) is 6.54. The smallest absolute Gasteiger partial charge is 0.341 e. The van der Waals surface area contributed by atoms with Crippen molar-refractivity contribution in [1.29, 1.82) is 0 Å². The molecular formula is C18H21N3O4. The van der Waals surface area contributed by atoms with Crippen LogP contribution in [0.3, 0.4) is 0 Å². The van der Waals surface area contributed by atoms with Crippen LogP contribution in [0.4, 0.5) is 0 Å². The maximum atomic E-state index is 12.6. The highest BCUT2D eigenvalue weighted by Gasteiger charge is 2.21. The molecule has 0 aliphatic heterocycles. The molecule has 2 rings (SSSR count). The van der Waals surface area contributed by atoms with E-state index in [0.717, 1.165) is 5.56 Å².